The number of hydrogen-bond acceptors (Lipinski definition) is 2. The van der Waals surface area contributed by atoms with Gasteiger partial charge in [-0.15, -0.1) is 0 Å². The van der Waals surface area contributed by atoms with Gasteiger partial charge < -0.3 is 9.88 Å². The average Bonchev–Trinajstić information content (AvgIpc) is 2.77. The van der Waals surface area contributed by atoms with E-state index in [4.69, 9.17) is 11.6 Å². The maximum atomic E-state index is 12.4. The Kier molecular flexibility index (Phi) is 3.62. The van der Waals surface area contributed by atoms with Crippen molar-refractivity contribution in [2.24, 2.45) is 7.05 Å². The number of nitrogens with one attached hydrogen (secondary N) is 1. The lowest BCUT2D eigenvalue weighted by molar-refractivity contribution is 0.102. The van der Waals surface area contributed by atoms with Crippen molar-refractivity contribution in [2.75, 3.05) is 5.32 Å². The second kappa shape index (κ2) is 5.46. The van der Waals surface area contributed by atoms with Gasteiger partial charge in [-0.05, 0) is 31.5 Å². The normalized spacial score (nSPS) is 10.9. The molecule has 3 rings (SSSR count). The molecule has 4 nitrogen and oxygen atoms in total. The summed E-state index contributed by atoms with van der Waals surface area (Å²) in [6.07, 6.45) is 3.47. The zero-order chi connectivity index (χ0) is 15.9. The highest BCUT2D eigenvalue weighted by Crippen LogP contribution is 2.29. The van der Waals surface area contributed by atoms with Crippen LogP contribution in [0.3, 0.4) is 0 Å². The topological polar surface area (TPSA) is 46.9 Å². The number of fused-ring (bicyclic) bond motifs is 1. The van der Waals surface area contributed by atoms with E-state index in [0.29, 0.717) is 10.6 Å². The molecule has 0 spiro atoms. The number of hydrogen-bond donors (Lipinski definition) is 1. The quantitative estimate of drug-likeness (QED) is 0.774. The van der Waals surface area contributed by atoms with Crippen molar-refractivity contribution >= 4 is 34.2 Å². The van der Waals surface area contributed by atoms with E-state index in [0.717, 1.165) is 27.8 Å². The van der Waals surface area contributed by atoms with E-state index in [1.807, 2.05) is 55.9 Å². The van der Waals surface area contributed by atoms with Gasteiger partial charge in [0.1, 0.15) is 5.65 Å². The lowest BCUT2D eigenvalue weighted by atomic mass is 10.1. The number of aromatic nitrogens is 2. The van der Waals surface area contributed by atoms with E-state index in [1.165, 1.54) is 6.20 Å². The molecule has 0 fully saturated rings. The van der Waals surface area contributed by atoms with Crippen molar-refractivity contribution in [2.45, 2.75) is 13.8 Å². The fraction of sp³-hybridized carbons (Fsp3) is 0.176. The van der Waals surface area contributed by atoms with Crippen molar-refractivity contribution in [3.05, 3.63) is 58.4 Å². The van der Waals surface area contributed by atoms with E-state index in [1.54, 1.807) is 0 Å². The van der Waals surface area contributed by atoms with Gasteiger partial charge in [0.25, 0.3) is 5.91 Å². The zero-order valence-electron chi connectivity index (χ0n) is 12.6. The smallest absolute Gasteiger partial charge is 0.258 e. The van der Waals surface area contributed by atoms with Crippen LogP contribution in [-0.2, 0) is 7.05 Å². The van der Waals surface area contributed by atoms with Gasteiger partial charge in [0.05, 0.1) is 10.6 Å². The van der Waals surface area contributed by atoms with Gasteiger partial charge >= 0.3 is 0 Å². The Bertz CT molecular complexity index is 866. The monoisotopic (exact) mass is 313 g/mol. The summed E-state index contributed by atoms with van der Waals surface area (Å²) in [7, 11) is 1.91. The Morgan fingerprint density at radius 1 is 1.23 bits per heavy atom. The lowest BCUT2D eigenvalue weighted by Crippen LogP contribution is -2.13. The van der Waals surface area contributed by atoms with E-state index in [2.05, 4.69) is 10.3 Å². The molecule has 0 aliphatic carbocycles. The van der Waals surface area contributed by atoms with Gasteiger partial charge in [-0.2, -0.15) is 0 Å². The summed E-state index contributed by atoms with van der Waals surface area (Å²) in [5, 5.41) is 4.10. The number of pyridine rings is 1. The molecule has 0 aliphatic rings. The molecule has 0 bridgehead atoms. The second-order valence-corrected chi connectivity index (χ2v) is 5.81. The minimum atomic E-state index is -0.258. The van der Waals surface area contributed by atoms with E-state index in [9.17, 15) is 4.79 Å². The summed E-state index contributed by atoms with van der Waals surface area (Å²) in [5.41, 5.74) is 4.02. The number of anilines is 1. The number of halogens is 1. The van der Waals surface area contributed by atoms with Gasteiger partial charge in [-0.25, -0.2) is 4.98 Å². The summed E-state index contributed by atoms with van der Waals surface area (Å²) in [6.45, 7) is 3.95. The molecule has 2 heterocycles. The van der Waals surface area contributed by atoms with Crippen LogP contribution >= 0.6 is 11.6 Å². The van der Waals surface area contributed by atoms with E-state index in [-0.39, 0.29) is 5.91 Å². The average molecular weight is 314 g/mol. The van der Waals surface area contributed by atoms with Crippen molar-refractivity contribution in [3.8, 4) is 0 Å². The van der Waals surface area contributed by atoms with Gasteiger partial charge in [-0.1, -0.05) is 29.3 Å². The molecular formula is C17H16ClN3O. The molecule has 0 saturated heterocycles. The number of rotatable bonds is 2. The molecule has 22 heavy (non-hydrogen) atoms. The van der Waals surface area contributed by atoms with Gasteiger partial charge in [0.15, 0.2) is 0 Å². The third-order valence-electron chi connectivity index (χ3n) is 3.67. The van der Waals surface area contributed by atoms with Crippen molar-refractivity contribution in [1.29, 1.82) is 0 Å². The number of aryl methyl sites for hydroxylation is 3. The Morgan fingerprint density at radius 3 is 2.59 bits per heavy atom. The number of nitrogens with zero attached hydrogens (tertiary/aromatic N) is 2. The van der Waals surface area contributed by atoms with Crippen LogP contribution in [0, 0.1) is 13.8 Å². The molecule has 0 saturated carbocycles. The number of carbonyl (C=O) groups excluding carboxylic acids is 1. The summed E-state index contributed by atoms with van der Waals surface area (Å²) in [4.78, 5) is 16.8. The molecule has 0 radical (unpaired) electrons. The molecule has 1 N–H and O–H groups in total. The maximum Gasteiger partial charge on any atom is 0.258 e. The predicted molar refractivity (Wildman–Crippen MR) is 89.6 cm³/mol. The van der Waals surface area contributed by atoms with Crippen molar-refractivity contribution in [3.63, 3.8) is 0 Å². The molecular weight excluding hydrogens is 298 g/mol. The minimum Gasteiger partial charge on any atom is -0.335 e. The Balaban J connectivity index is 1.99. The number of carbonyl (C=O) groups is 1. The fourth-order valence-electron chi connectivity index (χ4n) is 2.51. The minimum absolute atomic E-state index is 0.258. The number of amides is 1. The van der Waals surface area contributed by atoms with Crippen LogP contribution in [-0.4, -0.2) is 15.5 Å². The molecule has 3 aromatic rings. The van der Waals surface area contributed by atoms with E-state index < -0.39 is 0 Å². The highest BCUT2D eigenvalue weighted by molar-refractivity contribution is 6.39. The van der Waals surface area contributed by atoms with Crippen molar-refractivity contribution < 1.29 is 4.79 Å². The standard InChI is InChI=1S/C17H16ClN3O/c1-10-4-6-12(7-5-10)20-17(22)13-8-19-16-14(15(13)18)11(2)9-21(16)3/h4-9H,1-3H3,(H,20,22). The Hall–Kier alpha value is -2.33. The predicted octanol–water partition coefficient (Wildman–Crippen LogP) is 4.10. The molecule has 112 valence electrons. The Labute approximate surface area is 133 Å². The zero-order valence-corrected chi connectivity index (χ0v) is 13.4. The molecule has 1 aromatic carbocycles. The van der Waals surface area contributed by atoms with Gasteiger partial charge in [-0.3, -0.25) is 4.79 Å². The fourth-order valence-corrected chi connectivity index (χ4v) is 2.87. The summed E-state index contributed by atoms with van der Waals surface area (Å²) in [5.74, 6) is -0.258. The van der Waals surface area contributed by atoms with Gasteiger partial charge in [0.2, 0.25) is 0 Å². The third-order valence-corrected chi connectivity index (χ3v) is 4.06. The van der Waals surface area contributed by atoms with Gasteiger partial charge in [0, 0.05) is 30.5 Å². The first kappa shape index (κ1) is 14.6. The molecule has 0 atom stereocenters. The highest BCUT2D eigenvalue weighted by Gasteiger charge is 2.17. The van der Waals surface area contributed by atoms with Crippen molar-refractivity contribution in [1.82, 2.24) is 9.55 Å². The molecule has 2 aromatic heterocycles. The summed E-state index contributed by atoms with van der Waals surface area (Å²) >= 11 is 6.43. The molecule has 5 heteroatoms. The first-order valence-corrected chi connectivity index (χ1v) is 7.33. The maximum absolute atomic E-state index is 12.4. The van der Waals surface area contributed by atoms with Crippen LogP contribution in [0.5, 0.6) is 0 Å². The second-order valence-electron chi connectivity index (χ2n) is 5.43. The Morgan fingerprint density at radius 2 is 1.91 bits per heavy atom. The summed E-state index contributed by atoms with van der Waals surface area (Å²) in [6, 6.07) is 7.61. The first-order chi connectivity index (χ1) is 10.5. The van der Waals surface area contributed by atoms with Crippen LogP contribution < -0.4 is 5.32 Å². The largest absolute Gasteiger partial charge is 0.335 e. The van der Waals surface area contributed by atoms with Crippen LogP contribution in [0.25, 0.3) is 11.0 Å². The molecule has 1 amide bonds. The molecule has 0 aliphatic heterocycles. The summed E-state index contributed by atoms with van der Waals surface area (Å²) < 4.78 is 1.90. The van der Waals surface area contributed by atoms with Crippen LogP contribution in [0.15, 0.2) is 36.7 Å². The first-order valence-electron chi connectivity index (χ1n) is 6.95. The third kappa shape index (κ3) is 2.46. The van der Waals surface area contributed by atoms with Crippen LogP contribution in [0.4, 0.5) is 5.69 Å². The van der Waals surface area contributed by atoms with Crippen LogP contribution in [0.2, 0.25) is 5.02 Å². The van der Waals surface area contributed by atoms with Crippen LogP contribution in [0.1, 0.15) is 21.5 Å². The van der Waals surface area contributed by atoms with E-state index >= 15 is 0 Å². The highest BCUT2D eigenvalue weighted by atomic mass is 35.5. The number of benzene rings is 1. The molecule has 0 unspecified atom stereocenters. The SMILES string of the molecule is Cc1ccc(NC(=O)c2cnc3c(c(C)cn3C)c2Cl)cc1. The lowest BCUT2D eigenvalue weighted by Gasteiger charge is -2.08.